The molecule has 1 aliphatic heterocycles. The van der Waals surface area contributed by atoms with Crippen LogP contribution >= 0.6 is 0 Å². The smallest absolute Gasteiger partial charge is 0.245 e. The summed E-state index contributed by atoms with van der Waals surface area (Å²) < 4.78 is 11.3. The maximum Gasteiger partial charge on any atom is 0.245 e. The Kier molecular flexibility index (Phi) is 4.04. The van der Waals surface area contributed by atoms with Gasteiger partial charge >= 0.3 is 0 Å². The first-order valence-corrected chi connectivity index (χ1v) is 8.11. The van der Waals surface area contributed by atoms with Gasteiger partial charge in [0, 0.05) is 41.8 Å². The van der Waals surface area contributed by atoms with Crippen LogP contribution in [0.3, 0.4) is 0 Å². The van der Waals surface area contributed by atoms with Crippen molar-refractivity contribution in [2.75, 3.05) is 18.6 Å². The van der Waals surface area contributed by atoms with E-state index in [1.54, 1.807) is 11.2 Å². The lowest BCUT2D eigenvalue weighted by Gasteiger charge is -2.29. The monoisotopic (exact) mass is 272 g/mol. The summed E-state index contributed by atoms with van der Waals surface area (Å²) in [5, 5.41) is 2.82. The van der Waals surface area contributed by atoms with E-state index in [-0.39, 0.29) is 23.9 Å². The van der Waals surface area contributed by atoms with Gasteiger partial charge in [-0.2, -0.15) is 0 Å². The minimum Gasteiger partial charge on any atom is -0.344 e. The highest BCUT2D eigenvalue weighted by molar-refractivity contribution is 7.84. The van der Waals surface area contributed by atoms with E-state index < -0.39 is 10.8 Å². The molecular weight excluding hydrogens is 252 g/mol. The van der Waals surface area contributed by atoms with Crippen molar-refractivity contribution in [3.8, 4) is 0 Å². The molecule has 0 spiro atoms. The topological polar surface area (TPSA) is 66.5 Å². The van der Waals surface area contributed by atoms with Crippen LogP contribution in [0.15, 0.2) is 0 Å². The first-order valence-electron chi connectivity index (χ1n) is 6.39. The number of nitrogens with one attached hydrogen (secondary N) is 1. The van der Waals surface area contributed by atoms with Gasteiger partial charge in [0.05, 0.1) is 0 Å². The van der Waals surface area contributed by atoms with Gasteiger partial charge in [0.2, 0.25) is 11.8 Å². The Labute approximate surface area is 110 Å². The second-order valence-electron chi connectivity index (χ2n) is 5.25. The van der Waals surface area contributed by atoms with Crippen LogP contribution in [0.2, 0.25) is 0 Å². The Morgan fingerprint density at radius 3 is 2.67 bits per heavy atom. The van der Waals surface area contributed by atoms with Gasteiger partial charge in [-0.05, 0) is 25.7 Å². The minimum absolute atomic E-state index is 0.00120. The molecule has 1 saturated carbocycles. The highest BCUT2D eigenvalue weighted by Crippen LogP contribution is 2.34. The zero-order valence-corrected chi connectivity index (χ0v) is 11.7. The molecule has 6 heteroatoms. The van der Waals surface area contributed by atoms with E-state index in [1.165, 1.54) is 0 Å². The number of hydrogen-bond donors (Lipinski definition) is 1. The van der Waals surface area contributed by atoms with Crippen LogP contribution in [-0.4, -0.2) is 51.6 Å². The van der Waals surface area contributed by atoms with Crippen LogP contribution < -0.4 is 5.32 Å². The Morgan fingerprint density at radius 1 is 1.44 bits per heavy atom. The average Bonchev–Trinajstić information content (AvgIpc) is 3.07. The van der Waals surface area contributed by atoms with Crippen molar-refractivity contribution in [1.29, 1.82) is 0 Å². The predicted octanol–water partition coefficient (Wildman–Crippen LogP) is -0.119. The Balaban J connectivity index is 2.10. The molecule has 3 unspecified atom stereocenters. The summed E-state index contributed by atoms with van der Waals surface area (Å²) in [6.45, 7) is 2.34. The first kappa shape index (κ1) is 13.5. The van der Waals surface area contributed by atoms with Gasteiger partial charge in [-0.3, -0.25) is 13.8 Å². The molecular formula is C12H20N2O3S. The summed E-state index contributed by atoms with van der Waals surface area (Å²) in [6.07, 6.45) is 4.01. The lowest BCUT2D eigenvalue weighted by Crippen LogP contribution is -2.50. The summed E-state index contributed by atoms with van der Waals surface area (Å²) in [7, 11) is -0.932. The molecule has 1 saturated heterocycles. The van der Waals surface area contributed by atoms with Crippen molar-refractivity contribution in [2.24, 2.45) is 5.92 Å². The molecule has 1 N–H and O–H groups in total. The molecule has 0 bridgehead atoms. The number of carbonyl (C=O) groups is 2. The molecule has 2 fully saturated rings. The fourth-order valence-electron chi connectivity index (χ4n) is 2.43. The largest absolute Gasteiger partial charge is 0.344 e. The Bertz CT molecular complexity index is 382. The molecule has 0 aromatic carbocycles. The van der Waals surface area contributed by atoms with Gasteiger partial charge in [0.1, 0.15) is 6.04 Å². The molecule has 0 aromatic heterocycles. The van der Waals surface area contributed by atoms with Crippen LogP contribution in [0.4, 0.5) is 0 Å². The Hall–Kier alpha value is -0.910. The first-order chi connectivity index (χ1) is 8.49. The van der Waals surface area contributed by atoms with E-state index >= 15 is 0 Å². The highest BCUT2D eigenvalue weighted by atomic mass is 32.2. The second kappa shape index (κ2) is 5.38. The third-order valence-corrected chi connectivity index (χ3v) is 4.50. The lowest BCUT2D eigenvalue weighted by molar-refractivity contribution is -0.135. The van der Waals surface area contributed by atoms with Gasteiger partial charge in [-0.25, -0.2) is 0 Å². The number of carbonyl (C=O) groups excluding carboxylic acids is 2. The van der Waals surface area contributed by atoms with E-state index in [2.05, 4.69) is 5.32 Å². The molecule has 1 heterocycles. The predicted molar refractivity (Wildman–Crippen MR) is 69.4 cm³/mol. The standard InChI is InChI=1S/C12H20N2O3S/c1-8(7-18(2)17)14-6-5-10(15)13-11(12(14)16)9-3-4-9/h8-9,11H,3-7H2,1-2H3,(H,13,15). The SMILES string of the molecule is CC(CS(C)=O)N1CCC(=O)NC(C2CC2)C1=O. The van der Waals surface area contributed by atoms with Crippen LogP contribution in [0.1, 0.15) is 26.2 Å². The van der Waals surface area contributed by atoms with Crippen LogP contribution in [-0.2, 0) is 20.4 Å². The molecule has 102 valence electrons. The van der Waals surface area contributed by atoms with Crippen molar-refractivity contribution >= 4 is 22.6 Å². The Morgan fingerprint density at radius 2 is 2.11 bits per heavy atom. The second-order valence-corrected chi connectivity index (χ2v) is 6.73. The summed E-state index contributed by atoms with van der Waals surface area (Å²) in [4.78, 5) is 25.7. The van der Waals surface area contributed by atoms with Crippen molar-refractivity contribution < 1.29 is 13.8 Å². The quantitative estimate of drug-likeness (QED) is 0.776. The fourth-order valence-corrected chi connectivity index (χ4v) is 3.29. The number of nitrogens with zero attached hydrogens (tertiary/aromatic N) is 1. The van der Waals surface area contributed by atoms with Crippen molar-refractivity contribution in [2.45, 2.75) is 38.3 Å². The molecule has 2 aliphatic rings. The lowest BCUT2D eigenvalue weighted by atomic mass is 10.1. The summed E-state index contributed by atoms with van der Waals surface area (Å²) in [5.74, 6) is 0.729. The summed E-state index contributed by atoms with van der Waals surface area (Å²) >= 11 is 0. The fraction of sp³-hybridized carbons (Fsp3) is 0.833. The van der Waals surface area contributed by atoms with Crippen molar-refractivity contribution in [3.63, 3.8) is 0 Å². The van der Waals surface area contributed by atoms with Crippen molar-refractivity contribution in [1.82, 2.24) is 10.2 Å². The van der Waals surface area contributed by atoms with E-state index in [9.17, 15) is 13.8 Å². The van der Waals surface area contributed by atoms with Gasteiger partial charge in [-0.15, -0.1) is 0 Å². The number of amides is 2. The van der Waals surface area contributed by atoms with E-state index in [0.717, 1.165) is 12.8 Å². The van der Waals surface area contributed by atoms with Crippen LogP contribution in [0, 0.1) is 5.92 Å². The molecule has 0 aromatic rings. The van der Waals surface area contributed by atoms with Gasteiger partial charge in [0.15, 0.2) is 0 Å². The highest BCUT2D eigenvalue weighted by Gasteiger charge is 2.41. The maximum atomic E-state index is 12.4. The van der Waals surface area contributed by atoms with Crippen LogP contribution in [0.5, 0.6) is 0 Å². The number of hydrogen-bond acceptors (Lipinski definition) is 3. The average molecular weight is 272 g/mol. The summed E-state index contributed by atoms with van der Waals surface area (Å²) in [6, 6.07) is -0.426. The third kappa shape index (κ3) is 3.10. The molecule has 3 atom stereocenters. The van der Waals surface area contributed by atoms with E-state index in [4.69, 9.17) is 0 Å². The molecule has 0 radical (unpaired) electrons. The normalized spacial score (nSPS) is 28.6. The van der Waals surface area contributed by atoms with Gasteiger partial charge < -0.3 is 10.2 Å². The third-order valence-electron chi connectivity index (χ3n) is 3.55. The van der Waals surface area contributed by atoms with E-state index in [0.29, 0.717) is 24.6 Å². The zero-order valence-electron chi connectivity index (χ0n) is 10.8. The maximum absolute atomic E-state index is 12.4. The van der Waals surface area contributed by atoms with Crippen LogP contribution in [0.25, 0.3) is 0 Å². The molecule has 5 nitrogen and oxygen atoms in total. The molecule has 2 amide bonds. The molecule has 1 aliphatic carbocycles. The van der Waals surface area contributed by atoms with E-state index in [1.807, 2.05) is 6.92 Å². The molecule has 2 rings (SSSR count). The molecule has 18 heavy (non-hydrogen) atoms. The zero-order chi connectivity index (χ0) is 13.3. The van der Waals surface area contributed by atoms with Gasteiger partial charge in [-0.1, -0.05) is 0 Å². The minimum atomic E-state index is -0.932. The summed E-state index contributed by atoms with van der Waals surface area (Å²) in [5.41, 5.74) is 0. The van der Waals surface area contributed by atoms with Gasteiger partial charge in [0.25, 0.3) is 0 Å². The van der Waals surface area contributed by atoms with Crippen molar-refractivity contribution in [3.05, 3.63) is 0 Å². The number of rotatable bonds is 4.